The number of hydrogen-bond donors (Lipinski definition) is 2. The van der Waals surface area contributed by atoms with Crippen LogP contribution in [0.5, 0.6) is 0 Å². The van der Waals surface area contributed by atoms with Crippen molar-refractivity contribution in [2.24, 2.45) is 12.8 Å². The summed E-state index contributed by atoms with van der Waals surface area (Å²) in [4.78, 5) is 49.1. The fraction of sp³-hybridized carbons (Fsp3) is 0.368. The van der Waals surface area contributed by atoms with Crippen molar-refractivity contribution in [2.75, 3.05) is 5.32 Å². The van der Waals surface area contributed by atoms with Crippen LogP contribution in [0.4, 0.5) is 5.00 Å². The smallest absolute Gasteiger partial charge is 0.355 e. The minimum atomic E-state index is -1.10. The van der Waals surface area contributed by atoms with Gasteiger partial charge in [0.2, 0.25) is 0 Å². The third kappa shape index (κ3) is 3.70. The van der Waals surface area contributed by atoms with E-state index in [0.29, 0.717) is 16.1 Å². The quantitative estimate of drug-likeness (QED) is 0.565. The topological polar surface area (TPSA) is 120 Å². The molecule has 2 aromatic heterocycles. The molecule has 3 rings (SSSR count). The number of ketones is 1. The molecule has 28 heavy (non-hydrogen) atoms. The number of nitrogens with two attached hydrogens (primary N) is 1. The van der Waals surface area contributed by atoms with Crippen LogP contribution in [-0.2, 0) is 29.4 Å². The number of fused-ring (bicyclic) bond motifs is 1. The summed E-state index contributed by atoms with van der Waals surface area (Å²) >= 11 is 1.33. The summed E-state index contributed by atoms with van der Waals surface area (Å²) in [5, 5.41) is 3.05. The zero-order chi connectivity index (χ0) is 20.6. The standard InChI is InChI=1S/C19H21N3O5S/c1-9(23)11-7-13(22(3)8-11)19(26)27-10(2)17(25)21-18-15(16(20)24)12-5-4-6-14(12)28-18/h7-8,10H,4-6H2,1-3H3,(H2,20,24)(H,21,25). The van der Waals surface area contributed by atoms with Crippen LogP contribution in [-0.4, -0.2) is 34.2 Å². The molecule has 1 aliphatic rings. The highest BCUT2D eigenvalue weighted by molar-refractivity contribution is 7.17. The van der Waals surface area contributed by atoms with E-state index >= 15 is 0 Å². The molecular weight excluding hydrogens is 382 g/mol. The summed E-state index contributed by atoms with van der Waals surface area (Å²) in [6, 6.07) is 1.42. The van der Waals surface area contributed by atoms with Gasteiger partial charge in [0.15, 0.2) is 11.9 Å². The number of ether oxygens (including phenoxy) is 1. The van der Waals surface area contributed by atoms with Gasteiger partial charge in [-0.05, 0) is 44.7 Å². The number of anilines is 1. The third-order valence-electron chi connectivity index (χ3n) is 4.68. The molecule has 0 saturated carbocycles. The van der Waals surface area contributed by atoms with Crippen LogP contribution in [0, 0.1) is 0 Å². The summed E-state index contributed by atoms with van der Waals surface area (Å²) in [5.41, 5.74) is 7.28. The predicted octanol–water partition coefficient (Wildman–Crippen LogP) is 2.06. The fourth-order valence-corrected chi connectivity index (χ4v) is 4.50. The van der Waals surface area contributed by atoms with Crippen molar-refractivity contribution < 1.29 is 23.9 Å². The molecule has 0 aromatic carbocycles. The van der Waals surface area contributed by atoms with E-state index in [0.717, 1.165) is 29.7 Å². The number of thiophene rings is 1. The van der Waals surface area contributed by atoms with Gasteiger partial charge >= 0.3 is 5.97 Å². The largest absolute Gasteiger partial charge is 0.448 e. The lowest BCUT2D eigenvalue weighted by atomic mass is 10.1. The Morgan fingerprint density at radius 3 is 2.61 bits per heavy atom. The summed E-state index contributed by atoms with van der Waals surface area (Å²) in [6.07, 6.45) is 3.00. The molecule has 1 unspecified atom stereocenters. The molecule has 9 heteroatoms. The lowest BCUT2D eigenvalue weighted by Gasteiger charge is -2.14. The molecule has 0 fully saturated rings. The van der Waals surface area contributed by atoms with Gasteiger partial charge in [0.25, 0.3) is 11.8 Å². The van der Waals surface area contributed by atoms with Crippen molar-refractivity contribution >= 4 is 39.9 Å². The third-order valence-corrected chi connectivity index (χ3v) is 5.89. The Hall–Kier alpha value is -2.94. The molecule has 0 saturated heterocycles. The first-order valence-electron chi connectivity index (χ1n) is 8.82. The molecule has 0 spiro atoms. The van der Waals surface area contributed by atoms with Crippen molar-refractivity contribution in [3.8, 4) is 0 Å². The molecule has 2 aromatic rings. The number of aryl methyl sites for hydroxylation is 2. The van der Waals surface area contributed by atoms with Crippen molar-refractivity contribution in [2.45, 2.75) is 39.2 Å². The number of hydrogen-bond acceptors (Lipinski definition) is 6. The minimum absolute atomic E-state index is 0.165. The molecule has 0 radical (unpaired) electrons. The first-order chi connectivity index (χ1) is 13.2. The number of nitrogens with zero attached hydrogens (tertiary/aromatic N) is 1. The van der Waals surface area contributed by atoms with Gasteiger partial charge in [-0.15, -0.1) is 11.3 Å². The first-order valence-corrected chi connectivity index (χ1v) is 9.64. The molecule has 2 heterocycles. The Morgan fingerprint density at radius 1 is 1.29 bits per heavy atom. The second-order valence-corrected chi connectivity index (χ2v) is 7.85. The van der Waals surface area contributed by atoms with E-state index in [2.05, 4.69) is 5.32 Å². The number of primary amides is 1. The van der Waals surface area contributed by atoms with E-state index in [1.807, 2.05) is 0 Å². The van der Waals surface area contributed by atoms with E-state index in [4.69, 9.17) is 10.5 Å². The highest BCUT2D eigenvalue weighted by Gasteiger charge is 2.28. The number of carbonyl (C=O) groups is 4. The lowest BCUT2D eigenvalue weighted by molar-refractivity contribution is -0.123. The molecular formula is C19H21N3O5S. The highest BCUT2D eigenvalue weighted by Crippen LogP contribution is 2.38. The maximum atomic E-state index is 12.5. The monoisotopic (exact) mass is 403 g/mol. The van der Waals surface area contributed by atoms with Gasteiger partial charge in [-0.2, -0.15) is 0 Å². The Balaban J connectivity index is 1.71. The molecule has 1 aliphatic carbocycles. The summed E-state index contributed by atoms with van der Waals surface area (Å²) in [6.45, 7) is 2.84. The van der Waals surface area contributed by atoms with E-state index in [1.54, 1.807) is 7.05 Å². The van der Waals surface area contributed by atoms with Crippen LogP contribution >= 0.6 is 11.3 Å². The highest BCUT2D eigenvalue weighted by atomic mass is 32.1. The van der Waals surface area contributed by atoms with Gasteiger partial charge in [-0.25, -0.2) is 4.79 Å². The van der Waals surface area contributed by atoms with Gasteiger partial charge in [0.05, 0.1) is 5.56 Å². The number of esters is 1. The predicted molar refractivity (Wildman–Crippen MR) is 104 cm³/mol. The summed E-state index contributed by atoms with van der Waals surface area (Å²) in [5.74, 6) is -2.04. The molecule has 1 atom stereocenters. The zero-order valence-electron chi connectivity index (χ0n) is 15.8. The summed E-state index contributed by atoms with van der Waals surface area (Å²) < 4.78 is 6.70. The number of amides is 2. The fourth-order valence-electron chi connectivity index (χ4n) is 3.20. The van der Waals surface area contributed by atoms with Crippen molar-refractivity contribution in [1.29, 1.82) is 0 Å². The van der Waals surface area contributed by atoms with Crippen LogP contribution < -0.4 is 11.1 Å². The van der Waals surface area contributed by atoms with Crippen LogP contribution in [0.2, 0.25) is 0 Å². The molecule has 0 bridgehead atoms. The van der Waals surface area contributed by atoms with Crippen LogP contribution in [0.25, 0.3) is 0 Å². The summed E-state index contributed by atoms with van der Waals surface area (Å²) in [7, 11) is 1.61. The minimum Gasteiger partial charge on any atom is -0.448 e. The molecule has 2 amide bonds. The molecule has 3 N–H and O–H groups in total. The zero-order valence-corrected chi connectivity index (χ0v) is 16.6. The van der Waals surface area contributed by atoms with E-state index in [-0.39, 0.29) is 11.5 Å². The number of rotatable bonds is 6. The average molecular weight is 403 g/mol. The van der Waals surface area contributed by atoms with E-state index < -0.39 is 23.9 Å². The lowest BCUT2D eigenvalue weighted by Crippen LogP contribution is -2.31. The first kappa shape index (κ1) is 19.8. The van der Waals surface area contributed by atoms with E-state index in [1.165, 1.54) is 42.0 Å². The van der Waals surface area contributed by atoms with Gasteiger partial charge in [0, 0.05) is 23.7 Å². The Kier molecular flexibility index (Phi) is 5.37. The van der Waals surface area contributed by atoms with Crippen molar-refractivity contribution in [3.63, 3.8) is 0 Å². The normalized spacial score (nSPS) is 13.7. The maximum absolute atomic E-state index is 12.5. The molecule has 148 valence electrons. The van der Waals surface area contributed by atoms with Crippen LogP contribution in [0.15, 0.2) is 12.3 Å². The number of Topliss-reactive ketones (excluding diaryl/α,β-unsaturated/α-hetero) is 1. The van der Waals surface area contributed by atoms with Crippen molar-refractivity contribution in [1.82, 2.24) is 4.57 Å². The van der Waals surface area contributed by atoms with Crippen LogP contribution in [0.1, 0.15) is 61.9 Å². The Morgan fingerprint density at radius 2 is 2.00 bits per heavy atom. The maximum Gasteiger partial charge on any atom is 0.355 e. The van der Waals surface area contributed by atoms with Crippen molar-refractivity contribution in [3.05, 3.63) is 39.5 Å². The second-order valence-electron chi connectivity index (χ2n) is 6.74. The van der Waals surface area contributed by atoms with Crippen LogP contribution in [0.3, 0.4) is 0 Å². The Bertz CT molecular complexity index is 988. The van der Waals surface area contributed by atoms with E-state index in [9.17, 15) is 19.2 Å². The number of carbonyl (C=O) groups excluding carboxylic acids is 4. The molecule has 0 aliphatic heterocycles. The Labute approximate surface area is 165 Å². The number of nitrogens with one attached hydrogen (secondary N) is 1. The van der Waals surface area contributed by atoms with Gasteiger partial charge in [0.1, 0.15) is 10.7 Å². The number of aromatic nitrogens is 1. The van der Waals surface area contributed by atoms with Gasteiger partial charge in [-0.1, -0.05) is 0 Å². The SMILES string of the molecule is CC(=O)c1cc(C(=O)OC(C)C(=O)Nc2sc3c(c2C(N)=O)CCC3)n(C)c1. The van der Waals surface area contributed by atoms with Gasteiger partial charge in [-0.3, -0.25) is 14.4 Å². The average Bonchev–Trinajstić information content (AvgIpc) is 3.28. The second kappa shape index (κ2) is 7.59. The van der Waals surface area contributed by atoms with Gasteiger partial charge < -0.3 is 20.4 Å². The molecule has 8 nitrogen and oxygen atoms in total.